The van der Waals surface area contributed by atoms with Crippen LogP contribution in [-0.4, -0.2) is 244 Å². The highest BCUT2D eigenvalue weighted by Crippen LogP contribution is 2.48. The number of carbonyl (C=O) groups is 13. The zero-order valence-corrected chi connectivity index (χ0v) is 74.5. The van der Waals surface area contributed by atoms with Gasteiger partial charge in [-0.3, -0.25) is 67.3 Å². The Morgan fingerprint density at radius 2 is 1.31 bits per heavy atom. The Morgan fingerprint density at radius 3 is 1.98 bits per heavy atom. The zero-order valence-electron chi connectivity index (χ0n) is 71.2. The second-order valence-corrected chi connectivity index (χ2v) is 36.9. The molecule has 0 aromatic heterocycles. The number of guanidine groups is 1. The first kappa shape index (κ1) is 102. The van der Waals surface area contributed by atoms with Crippen molar-refractivity contribution in [3.05, 3.63) is 126 Å². The van der Waals surface area contributed by atoms with Crippen LogP contribution in [0.2, 0.25) is 0 Å². The fourth-order valence-electron chi connectivity index (χ4n) is 15.0. The smallest absolute Gasteiger partial charge is 0.304 e. The number of unbranched alkanes of at least 4 members (excludes halogenated alkanes) is 3. The maximum absolute atomic E-state index is 15.0. The van der Waals surface area contributed by atoms with Crippen molar-refractivity contribution in [1.82, 2.24) is 31.9 Å². The van der Waals surface area contributed by atoms with E-state index in [9.17, 15) is 80.4 Å². The molecule has 3 aromatic carbocycles. The van der Waals surface area contributed by atoms with E-state index in [2.05, 4.69) is 73.8 Å². The highest BCUT2D eigenvalue weighted by atomic mass is 33.1. The number of primary amides is 1. The zero-order chi connectivity index (χ0) is 90.4. The number of benzene rings is 3. The summed E-state index contributed by atoms with van der Waals surface area (Å²) in [5, 5.41) is 26.7. The van der Waals surface area contributed by atoms with E-state index in [0.29, 0.717) is 38.0 Å². The van der Waals surface area contributed by atoms with Crippen molar-refractivity contribution in [3.63, 3.8) is 0 Å². The molecule has 2 fully saturated rings. The molecular formula is C87H120N12O21S4. The van der Waals surface area contributed by atoms with Crippen molar-refractivity contribution >= 4 is 143 Å². The monoisotopic (exact) mass is 1800 g/mol. The molecule has 0 unspecified atom stereocenters. The number of hydrogen-bond acceptors (Lipinski definition) is 25. The highest BCUT2D eigenvalue weighted by Gasteiger charge is 2.44. The van der Waals surface area contributed by atoms with Gasteiger partial charge in [0.2, 0.25) is 47.0 Å². The number of hydrogen-bond donors (Lipinski definition) is 10. The minimum absolute atomic E-state index is 0.00282. The molecule has 124 heavy (non-hydrogen) atoms. The molecular weight excluding hydrogens is 1680 g/mol. The van der Waals surface area contributed by atoms with Crippen LogP contribution in [0.25, 0.3) is 0 Å². The van der Waals surface area contributed by atoms with Gasteiger partial charge in [-0.1, -0.05) is 109 Å². The molecule has 7 atom stereocenters. The third-order valence-electron chi connectivity index (χ3n) is 21.6. The van der Waals surface area contributed by atoms with Crippen molar-refractivity contribution in [2.45, 2.75) is 183 Å². The molecule has 2 saturated heterocycles. The van der Waals surface area contributed by atoms with Gasteiger partial charge >= 0.3 is 5.97 Å². The van der Waals surface area contributed by atoms with Crippen LogP contribution >= 0.6 is 33.3 Å². The number of ketones is 5. The first-order valence-corrected chi connectivity index (χ1v) is 46.9. The number of Topliss-reactive ketones (excluding diaryl/α,β-unsaturated/α-hetero) is 5. The lowest BCUT2D eigenvalue weighted by Gasteiger charge is -2.27. The maximum atomic E-state index is 15.0. The predicted molar refractivity (Wildman–Crippen MR) is 472 cm³/mol. The predicted octanol–water partition coefficient (Wildman–Crippen LogP) is 5.18. The van der Waals surface area contributed by atoms with Gasteiger partial charge in [-0.05, 0) is 113 Å². The number of nitrogens with zero attached hydrogens (tertiary/aromatic N) is 3. The molecule has 0 spiro atoms. The number of rotatable bonds is 42. The normalized spacial score (nSPS) is 21.2. The molecule has 0 aliphatic carbocycles. The van der Waals surface area contributed by atoms with Crippen LogP contribution in [0.1, 0.15) is 154 Å². The van der Waals surface area contributed by atoms with Crippen molar-refractivity contribution in [2.24, 2.45) is 39.9 Å². The Labute approximate surface area is 736 Å². The molecule has 2 bridgehead atoms. The van der Waals surface area contributed by atoms with Crippen molar-refractivity contribution in [2.75, 3.05) is 114 Å². The van der Waals surface area contributed by atoms with Gasteiger partial charge < -0.3 is 82.6 Å². The standard InChI is InChI=1S/C87H120N12O21S4/c1-86(2)64-26-14-15-28-71(64)99(76(86)31-12-7-11-30-75-87(3,4)65-49-63(124(114,115)116)33-34-70(65)98(75)5)37-18-8-13-32-78(106)91-35-17-16-27-66-84(113)97-69-55-123-122-54-68(96-83(112)60(48-80(108)109)45-62(101)50-93-81(110)58(46-73(69)103)24-19-36-92-85(89)90)74(104)47-59(44-57-22-9-6-10-23-57)82(111)95-67(53-121-56-79(107)94-66)72(102)29-21-39-118-41-43-119-42-40-117-38-20-25-61(100)51-120-52-77(88)105/h6-7,9-12,14-15,22-23,26,28,30-31,33-34,49,58-60,66-69H,8,13,16-21,24-25,27,29,32,35-48,50-56H2,1-5H3,(H13-,88,89,90,91,92,93,94,95,96,97,105,106,107,108,109,110,111,112,113,114,115,116)/t58-,59-,60+,66+,67+,68+,69+/m1/s1. The molecule has 4 aliphatic heterocycles. The van der Waals surface area contributed by atoms with E-state index in [1.54, 1.807) is 36.4 Å². The summed E-state index contributed by atoms with van der Waals surface area (Å²) in [5.41, 5.74) is 21.7. The Balaban J connectivity index is 1.04. The van der Waals surface area contributed by atoms with Crippen molar-refractivity contribution in [3.8, 4) is 0 Å². The minimum atomic E-state index is -4.65. The molecule has 3 aromatic rings. The fraction of sp³-hybridized carbons (Fsp3) is 0.552. The van der Waals surface area contributed by atoms with E-state index >= 15 is 0 Å². The average molecular weight is 1800 g/mol. The minimum Gasteiger partial charge on any atom is -0.744 e. The Kier molecular flexibility index (Phi) is 42.5. The molecule has 37 heteroatoms. The summed E-state index contributed by atoms with van der Waals surface area (Å²) in [6, 6.07) is 16.0. The van der Waals surface area contributed by atoms with Gasteiger partial charge in [0.1, 0.15) is 36.4 Å². The number of nitrogens with two attached hydrogens (primary N) is 3. The van der Waals surface area contributed by atoms with E-state index in [4.69, 9.17) is 36.1 Å². The van der Waals surface area contributed by atoms with Crippen LogP contribution in [0.5, 0.6) is 0 Å². The summed E-state index contributed by atoms with van der Waals surface area (Å²) < 4.78 is 59.6. The number of carboxylic acid groups (broad SMARTS) is 1. The highest BCUT2D eigenvalue weighted by molar-refractivity contribution is 8.76. The lowest BCUT2D eigenvalue weighted by molar-refractivity contribution is -0.401. The van der Waals surface area contributed by atoms with Crippen LogP contribution in [0.15, 0.2) is 119 Å². The first-order chi connectivity index (χ1) is 59.1. The Bertz CT molecular complexity index is 4500. The largest absolute Gasteiger partial charge is 0.744 e. The number of fused-ring (bicyclic) bond motifs is 7. The molecule has 7 amide bonds. The third-order valence-corrected chi connectivity index (χ3v) is 25.9. The molecule has 7 rings (SSSR count). The summed E-state index contributed by atoms with van der Waals surface area (Å²) in [6.45, 7) is 9.24. The molecule has 13 N–H and O–H groups in total. The number of amides is 7. The molecule has 33 nitrogen and oxygen atoms in total. The second-order valence-electron chi connectivity index (χ2n) is 32.0. The van der Waals surface area contributed by atoms with Gasteiger partial charge in [-0.2, -0.15) is 4.58 Å². The number of thioether (sulfide) groups is 1. The summed E-state index contributed by atoms with van der Waals surface area (Å²) >= 11 is 0.980. The number of nitrogens with one attached hydrogen (secondary N) is 6. The van der Waals surface area contributed by atoms with Crippen molar-refractivity contribution < 1.29 is 104 Å². The van der Waals surface area contributed by atoms with Crippen molar-refractivity contribution in [1.29, 1.82) is 0 Å². The van der Waals surface area contributed by atoms with Gasteiger partial charge in [-0.25, -0.2) is 8.42 Å². The number of ether oxygens (including phenoxy) is 4. The SMILES string of the molecule is C[N+]1=C(/C=C/C=C/C=C2/N(CCCCCC(=O)NCCCC[C@@H]3NC(=O)CSC[C@@H](C(=O)CCCOCCOCCOCCCC(=O)COCC(N)=O)NC(=O)[C@H](Cc4ccccc4)CC(=O)[C@@H]4CSSC[C@H](NC3=O)C(=O)C[C@@H](CCCN=C(N)N)C(=O)NCC(=O)C[C@@H](CC(=O)O)C(=O)N4)c3ccccc3C2(C)C)C(C)(C)c2cc(S(=O)(=O)[O-])ccc21. The summed E-state index contributed by atoms with van der Waals surface area (Å²) in [7, 11) is -0.715. The van der Waals surface area contributed by atoms with Crippen LogP contribution in [0.3, 0.4) is 0 Å². The fourth-order valence-corrected chi connectivity index (χ4v) is 18.7. The van der Waals surface area contributed by atoms with E-state index in [0.717, 1.165) is 74.5 Å². The Morgan fingerprint density at radius 1 is 0.653 bits per heavy atom. The van der Waals surface area contributed by atoms with Crippen LogP contribution in [0.4, 0.5) is 11.4 Å². The third kappa shape index (κ3) is 33.8. The van der Waals surface area contributed by atoms with E-state index in [-0.39, 0.29) is 168 Å². The van der Waals surface area contributed by atoms with E-state index in [1.807, 2.05) is 61.9 Å². The molecule has 0 saturated carbocycles. The lowest BCUT2D eigenvalue weighted by Crippen LogP contribution is -2.53. The van der Waals surface area contributed by atoms with Gasteiger partial charge in [-0.15, -0.1) is 11.8 Å². The summed E-state index contributed by atoms with van der Waals surface area (Å²) in [5.74, 6) is -13.9. The Hall–Kier alpha value is -9.47. The number of aliphatic carboxylic acids is 1. The number of anilines is 1. The maximum Gasteiger partial charge on any atom is 0.304 e. The molecule has 4 aliphatic rings. The van der Waals surface area contributed by atoms with Crippen LogP contribution in [0, 0.1) is 17.8 Å². The van der Waals surface area contributed by atoms with Gasteiger partial charge in [0.15, 0.2) is 40.6 Å². The molecule has 4 heterocycles. The lowest BCUT2D eigenvalue weighted by atomic mass is 9.81. The number of carboxylic acids is 1. The number of aliphatic imine (C=N–C) groups is 1. The first-order valence-electron chi connectivity index (χ1n) is 41.9. The van der Waals surface area contributed by atoms with E-state index in [1.165, 1.54) is 17.7 Å². The van der Waals surface area contributed by atoms with Crippen LogP contribution < -0.4 is 54.0 Å². The molecule has 678 valence electrons. The number of para-hydroxylation sites is 1. The van der Waals surface area contributed by atoms with Gasteiger partial charge in [0, 0.05) is 135 Å². The van der Waals surface area contributed by atoms with Crippen LogP contribution in [-0.2, 0) is 109 Å². The van der Waals surface area contributed by atoms with E-state index < -0.39 is 154 Å². The van der Waals surface area contributed by atoms with Gasteiger partial charge in [0.05, 0.1) is 79.5 Å². The summed E-state index contributed by atoms with van der Waals surface area (Å²) in [4.78, 5) is 185. The van der Waals surface area contributed by atoms with Gasteiger partial charge in [0.25, 0.3) is 0 Å². The molecule has 0 radical (unpaired) electrons. The number of carbonyl (C=O) groups excluding carboxylic acids is 12. The second kappa shape index (κ2) is 51.8. The topological polar surface area (TPSA) is 505 Å². The summed E-state index contributed by atoms with van der Waals surface area (Å²) in [6.07, 6.45) is 11.2. The number of allylic oxidation sites excluding steroid dienone is 6. The average Bonchev–Trinajstić information content (AvgIpc) is 1.61. The quantitative estimate of drug-likeness (QED) is 0.00664.